The van der Waals surface area contributed by atoms with E-state index in [9.17, 15) is 4.79 Å². The van der Waals surface area contributed by atoms with E-state index in [-0.39, 0.29) is 5.91 Å². The number of amides is 1. The molecule has 2 aliphatic heterocycles. The van der Waals surface area contributed by atoms with E-state index in [1.54, 1.807) is 4.90 Å². The first-order valence-electron chi connectivity index (χ1n) is 6.88. The van der Waals surface area contributed by atoms with Crippen molar-refractivity contribution in [1.82, 2.24) is 5.32 Å². The lowest BCUT2D eigenvalue weighted by Gasteiger charge is -2.29. The molecule has 0 aromatic heterocycles. The number of fused-ring (bicyclic) bond motifs is 1. The topological polar surface area (TPSA) is 32.3 Å². The van der Waals surface area contributed by atoms with E-state index in [1.807, 2.05) is 7.05 Å². The number of rotatable bonds is 1. The Balaban J connectivity index is 1.89. The highest BCUT2D eigenvalue weighted by atomic mass is 16.2. The number of aryl methyl sites for hydroxylation is 1. The molecule has 0 spiro atoms. The first kappa shape index (κ1) is 11.7. The van der Waals surface area contributed by atoms with Crippen LogP contribution in [0.1, 0.15) is 42.9 Å². The van der Waals surface area contributed by atoms with Crippen molar-refractivity contribution in [3.8, 4) is 0 Å². The van der Waals surface area contributed by atoms with Crippen LogP contribution in [-0.4, -0.2) is 19.5 Å². The second-order valence-electron chi connectivity index (χ2n) is 5.34. The second kappa shape index (κ2) is 4.73. The van der Waals surface area contributed by atoms with Gasteiger partial charge >= 0.3 is 0 Å². The van der Waals surface area contributed by atoms with Gasteiger partial charge in [0.2, 0.25) is 5.91 Å². The largest absolute Gasteiger partial charge is 0.315 e. The number of nitrogens with zero attached hydrogens (tertiary/aromatic N) is 1. The minimum Gasteiger partial charge on any atom is -0.315 e. The van der Waals surface area contributed by atoms with E-state index in [4.69, 9.17) is 0 Å². The van der Waals surface area contributed by atoms with Crippen LogP contribution in [0.3, 0.4) is 0 Å². The first-order chi connectivity index (χ1) is 8.75. The molecule has 18 heavy (non-hydrogen) atoms. The van der Waals surface area contributed by atoms with Crippen molar-refractivity contribution in [3.05, 3.63) is 29.3 Å². The molecule has 1 fully saturated rings. The summed E-state index contributed by atoms with van der Waals surface area (Å²) >= 11 is 0. The molecule has 3 heteroatoms. The van der Waals surface area contributed by atoms with Gasteiger partial charge in [0.25, 0.3) is 0 Å². The van der Waals surface area contributed by atoms with Gasteiger partial charge in [-0.25, -0.2) is 0 Å². The molecule has 96 valence electrons. The molecule has 1 aromatic carbocycles. The van der Waals surface area contributed by atoms with Crippen molar-refractivity contribution < 1.29 is 4.79 Å². The SMILES string of the molecule is CN1C(=O)CCc2cc(C3CCCCN3)ccc21. The maximum atomic E-state index is 11.7. The van der Waals surface area contributed by atoms with Gasteiger partial charge in [0.05, 0.1) is 0 Å². The average molecular weight is 244 g/mol. The molecule has 0 bridgehead atoms. The van der Waals surface area contributed by atoms with Crippen molar-refractivity contribution in [2.75, 3.05) is 18.5 Å². The zero-order valence-electron chi connectivity index (χ0n) is 10.9. The van der Waals surface area contributed by atoms with Crippen molar-refractivity contribution in [3.63, 3.8) is 0 Å². The Kier molecular flexibility index (Phi) is 3.08. The Morgan fingerprint density at radius 1 is 1.28 bits per heavy atom. The molecule has 0 saturated carbocycles. The third-order valence-electron chi connectivity index (χ3n) is 4.16. The van der Waals surface area contributed by atoms with Crippen LogP contribution in [-0.2, 0) is 11.2 Å². The predicted molar refractivity (Wildman–Crippen MR) is 72.8 cm³/mol. The van der Waals surface area contributed by atoms with Crippen LogP contribution in [0.15, 0.2) is 18.2 Å². The van der Waals surface area contributed by atoms with Crippen LogP contribution in [0, 0.1) is 0 Å². The van der Waals surface area contributed by atoms with Gasteiger partial charge in [-0.05, 0) is 43.0 Å². The lowest BCUT2D eigenvalue weighted by atomic mass is 9.93. The van der Waals surface area contributed by atoms with Gasteiger partial charge in [-0.2, -0.15) is 0 Å². The molecule has 1 N–H and O–H groups in total. The lowest BCUT2D eigenvalue weighted by molar-refractivity contribution is -0.118. The van der Waals surface area contributed by atoms with E-state index in [0.717, 1.165) is 18.7 Å². The van der Waals surface area contributed by atoms with Crippen molar-refractivity contribution in [1.29, 1.82) is 0 Å². The molecule has 1 amide bonds. The van der Waals surface area contributed by atoms with Crippen LogP contribution in [0.4, 0.5) is 5.69 Å². The molecular formula is C15H20N2O. The Bertz CT molecular complexity index is 464. The summed E-state index contributed by atoms with van der Waals surface area (Å²) in [7, 11) is 1.87. The number of carbonyl (C=O) groups is 1. The van der Waals surface area contributed by atoms with Crippen LogP contribution >= 0.6 is 0 Å². The van der Waals surface area contributed by atoms with Gasteiger partial charge in [-0.1, -0.05) is 18.6 Å². The summed E-state index contributed by atoms with van der Waals surface area (Å²) in [5.74, 6) is 0.228. The average Bonchev–Trinajstić information content (AvgIpc) is 2.44. The highest BCUT2D eigenvalue weighted by Gasteiger charge is 2.22. The van der Waals surface area contributed by atoms with Gasteiger partial charge in [0.15, 0.2) is 0 Å². The monoisotopic (exact) mass is 244 g/mol. The van der Waals surface area contributed by atoms with Crippen LogP contribution < -0.4 is 10.2 Å². The molecule has 2 heterocycles. The number of hydrogen-bond acceptors (Lipinski definition) is 2. The van der Waals surface area contributed by atoms with Crippen molar-refractivity contribution >= 4 is 11.6 Å². The minimum atomic E-state index is 0.228. The first-order valence-corrected chi connectivity index (χ1v) is 6.88. The third kappa shape index (κ3) is 2.03. The summed E-state index contributed by atoms with van der Waals surface area (Å²) in [6.07, 6.45) is 5.36. The van der Waals surface area contributed by atoms with E-state index in [1.165, 1.54) is 30.4 Å². The fourth-order valence-corrected chi connectivity index (χ4v) is 3.03. The number of piperidine rings is 1. The summed E-state index contributed by atoms with van der Waals surface area (Å²) in [6.45, 7) is 1.13. The van der Waals surface area contributed by atoms with Crippen LogP contribution in [0.5, 0.6) is 0 Å². The zero-order chi connectivity index (χ0) is 12.5. The molecule has 0 aliphatic carbocycles. The van der Waals surface area contributed by atoms with Gasteiger partial charge in [-0.15, -0.1) is 0 Å². The van der Waals surface area contributed by atoms with Crippen LogP contribution in [0.25, 0.3) is 0 Å². The molecule has 3 nitrogen and oxygen atoms in total. The number of nitrogens with one attached hydrogen (secondary N) is 1. The number of benzene rings is 1. The van der Waals surface area contributed by atoms with Crippen molar-refractivity contribution in [2.45, 2.75) is 38.1 Å². The van der Waals surface area contributed by atoms with Crippen LogP contribution in [0.2, 0.25) is 0 Å². The molecule has 1 unspecified atom stereocenters. The highest BCUT2D eigenvalue weighted by molar-refractivity contribution is 5.95. The van der Waals surface area contributed by atoms with E-state index in [2.05, 4.69) is 23.5 Å². The zero-order valence-corrected chi connectivity index (χ0v) is 10.9. The second-order valence-corrected chi connectivity index (χ2v) is 5.34. The summed E-state index contributed by atoms with van der Waals surface area (Å²) in [4.78, 5) is 13.4. The maximum absolute atomic E-state index is 11.7. The molecule has 3 rings (SSSR count). The normalized spacial score (nSPS) is 23.9. The van der Waals surface area contributed by atoms with Crippen molar-refractivity contribution in [2.24, 2.45) is 0 Å². The van der Waals surface area contributed by atoms with E-state index >= 15 is 0 Å². The van der Waals surface area contributed by atoms with E-state index < -0.39 is 0 Å². The summed E-state index contributed by atoms with van der Waals surface area (Å²) in [5.41, 5.74) is 3.80. The Morgan fingerprint density at radius 3 is 2.94 bits per heavy atom. The van der Waals surface area contributed by atoms with Gasteiger partial charge in [-0.3, -0.25) is 4.79 Å². The quantitative estimate of drug-likeness (QED) is 0.822. The minimum absolute atomic E-state index is 0.228. The van der Waals surface area contributed by atoms with Gasteiger partial charge < -0.3 is 10.2 Å². The smallest absolute Gasteiger partial charge is 0.227 e. The fraction of sp³-hybridized carbons (Fsp3) is 0.533. The maximum Gasteiger partial charge on any atom is 0.227 e. The Hall–Kier alpha value is -1.35. The molecule has 1 aromatic rings. The predicted octanol–water partition coefficient (Wildman–Crippen LogP) is 2.41. The number of carbonyl (C=O) groups excluding carboxylic acids is 1. The fourth-order valence-electron chi connectivity index (χ4n) is 3.03. The standard InChI is InChI=1S/C15H20N2O/c1-17-14-7-5-11(13-4-2-3-9-16-13)10-12(14)6-8-15(17)18/h5,7,10,13,16H,2-4,6,8-9H2,1H3. The third-order valence-corrected chi connectivity index (χ3v) is 4.16. The highest BCUT2D eigenvalue weighted by Crippen LogP contribution is 2.31. The molecular weight excluding hydrogens is 224 g/mol. The number of anilines is 1. The Morgan fingerprint density at radius 2 is 2.17 bits per heavy atom. The molecule has 2 aliphatic rings. The summed E-state index contributed by atoms with van der Waals surface area (Å²) in [6, 6.07) is 7.09. The number of hydrogen-bond donors (Lipinski definition) is 1. The molecule has 1 saturated heterocycles. The Labute approximate surface area is 108 Å². The van der Waals surface area contributed by atoms with Gasteiger partial charge in [0.1, 0.15) is 0 Å². The summed E-state index contributed by atoms with van der Waals surface area (Å²) in [5, 5.41) is 3.58. The summed E-state index contributed by atoms with van der Waals surface area (Å²) < 4.78 is 0. The lowest BCUT2D eigenvalue weighted by Crippen LogP contribution is -2.31. The molecule has 1 atom stereocenters. The molecule has 0 radical (unpaired) electrons. The van der Waals surface area contributed by atoms with Gasteiger partial charge in [0, 0.05) is 25.2 Å². The van der Waals surface area contributed by atoms with E-state index in [0.29, 0.717) is 12.5 Å².